The second-order valence-electron chi connectivity index (χ2n) is 11.3. The minimum Gasteiger partial charge on any atom is -0.358 e. The molecule has 0 amide bonds. The van der Waals surface area contributed by atoms with Crippen LogP contribution in [0.3, 0.4) is 0 Å². The first kappa shape index (κ1) is 33.9. The van der Waals surface area contributed by atoms with Gasteiger partial charge in [-0.1, -0.05) is 54.4 Å². The molecule has 4 saturated carbocycles. The van der Waals surface area contributed by atoms with Crippen LogP contribution in [0.1, 0.15) is 80.1 Å². The molecule has 0 aromatic heterocycles. The van der Waals surface area contributed by atoms with E-state index in [9.17, 15) is 0 Å². The summed E-state index contributed by atoms with van der Waals surface area (Å²) in [5, 5.41) is 0. The maximum atomic E-state index is 2.41. The number of hydrogen-bond donors (Lipinski definition) is 0. The second kappa shape index (κ2) is 16.6. The molecule has 0 saturated heterocycles. The molecular weight excluding hydrogens is 476 g/mol. The Morgan fingerprint density at radius 1 is 0.576 bits per heavy atom. The van der Waals surface area contributed by atoms with Crippen LogP contribution in [0.4, 0.5) is 0 Å². The summed E-state index contributed by atoms with van der Waals surface area (Å²) in [6.07, 6.45) is 26.5. The Labute approximate surface area is 230 Å². The van der Waals surface area contributed by atoms with Gasteiger partial charge in [0, 0.05) is 0 Å². The van der Waals surface area contributed by atoms with Crippen LogP contribution in [0, 0.1) is 125 Å². The van der Waals surface area contributed by atoms with Crippen molar-refractivity contribution in [2.24, 2.45) is 47.3 Å². The van der Waals surface area contributed by atoms with Gasteiger partial charge in [-0.15, -0.1) is 0 Å². The van der Waals surface area contributed by atoms with Crippen molar-refractivity contribution in [1.82, 2.24) is 0 Å². The Morgan fingerprint density at radius 3 is 1.15 bits per heavy atom. The van der Waals surface area contributed by atoms with Crippen LogP contribution in [0.15, 0.2) is 0 Å². The van der Waals surface area contributed by atoms with Gasteiger partial charge in [-0.05, 0) is 136 Å². The molecule has 10 radical (unpaired) electrons. The fraction of sp³-hybridized carbons (Fsp3) is 0.625. The minimum absolute atomic E-state index is 0. The molecule has 0 aromatic carbocycles. The van der Waals surface area contributed by atoms with Gasteiger partial charge in [0.05, 0.1) is 0 Å². The zero-order chi connectivity index (χ0) is 21.7. The van der Waals surface area contributed by atoms with E-state index >= 15 is 0 Å². The van der Waals surface area contributed by atoms with Crippen molar-refractivity contribution in [3.8, 4) is 0 Å². The van der Waals surface area contributed by atoms with Crippen molar-refractivity contribution in [2.45, 2.75) is 80.1 Å². The van der Waals surface area contributed by atoms with Crippen molar-refractivity contribution in [2.75, 3.05) is 0 Å². The number of hydrogen-bond acceptors (Lipinski definition) is 0. The fourth-order valence-electron chi connectivity index (χ4n) is 6.44. The molecule has 0 spiro atoms. The quantitative estimate of drug-likeness (QED) is 0.320. The van der Waals surface area contributed by atoms with Crippen LogP contribution in [0.2, 0.25) is 0 Å². The smallest absolute Gasteiger partial charge is 0.358 e. The van der Waals surface area contributed by atoms with Gasteiger partial charge >= 0.3 is 26.2 Å². The molecule has 0 nitrogen and oxygen atoms in total. The predicted octanol–water partition coefficient (Wildman–Crippen LogP) is 9.10. The molecule has 4 rings (SSSR count). The molecule has 0 N–H and O–H groups in total. The summed E-state index contributed by atoms with van der Waals surface area (Å²) in [5.74, 6) is 10.1. The zero-order valence-electron chi connectivity index (χ0n) is 23.0. The molecule has 6 unspecified atom stereocenters. The van der Waals surface area contributed by atoms with Gasteiger partial charge in [-0.25, -0.2) is 0 Å². The Morgan fingerprint density at radius 2 is 0.879 bits per heavy atom. The summed E-state index contributed by atoms with van der Waals surface area (Å²) < 4.78 is 0. The predicted molar refractivity (Wildman–Crippen MR) is 143 cm³/mol. The van der Waals surface area contributed by atoms with Gasteiger partial charge in [0.2, 0.25) is 0 Å². The first-order chi connectivity index (χ1) is 14.4. The van der Waals surface area contributed by atoms with Gasteiger partial charge in [0.25, 0.3) is 0 Å². The van der Waals surface area contributed by atoms with E-state index in [0.717, 1.165) is 47.3 Å². The van der Waals surface area contributed by atoms with E-state index in [1.165, 1.54) is 38.5 Å². The fourth-order valence-corrected chi connectivity index (χ4v) is 6.44. The van der Waals surface area contributed by atoms with E-state index in [1.54, 1.807) is 11.8 Å². The topological polar surface area (TPSA) is 0 Å². The number of rotatable bonds is 4. The van der Waals surface area contributed by atoms with Gasteiger partial charge in [-0.3, -0.25) is 0 Å². The van der Waals surface area contributed by atoms with E-state index in [-0.39, 0.29) is 41.1 Å². The van der Waals surface area contributed by atoms with Crippen molar-refractivity contribution in [3.05, 3.63) is 78.1 Å². The normalized spacial score (nSPS) is 35.3. The van der Waals surface area contributed by atoms with Crippen LogP contribution >= 0.6 is 0 Å². The molecule has 6 atom stereocenters. The van der Waals surface area contributed by atoms with Crippen LogP contribution in [0.25, 0.3) is 0 Å². The molecule has 4 fully saturated rings. The second-order valence-corrected chi connectivity index (χ2v) is 11.3. The van der Waals surface area contributed by atoms with E-state index < -0.39 is 0 Å². The molecule has 0 aliphatic heterocycles. The minimum atomic E-state index is 0. The molecule has 4 aliphatic rings. The molecule has 4 aliphatic carbocycles. The third-order valence-electron chi connectivity index (χ3n) is 8.28. The molecule has 0 bridgehead atoms. The van der Waals surface area contributed by atoms with Crippen LogP contribution in [0.5, 0.6) is 0 Å². The molecule has 1 heteroatoms. The molecule has 0 heterocycles. The zero-order valence-corrected chi connectivity index (χ0v) is 25.4. The van der Waals surface area contributed by atoms with Gasteiger partial charge in [-0.2, -0.15) is 0 Å². The molecule has 184 valence electrons. The Hall–Kier alpha value is 0.883. The summed E-state index contributed by atoms with van der Waals surface area (Å²) in [7, 11) is 0. The van der Waals surface area contributed by atoms with Gasteiger partial charge < -0.3 is 14.9 Å². The summed E-state index contributed by atoms with van der Waals surface area (Å²) in [6, 6.07) is 0. The van der Waals surface area contributed by atoms with E-state index in [2.05, 4.69) is 92.9 Å². The van der Waals surface area contributed by atoms with Crippen LogP contribution < -0.4 is 0 Å². The Bertz CT molecular complexity index is 427. The largest absolute Gasteiger partial charge is 2.00 e. The molecule has 33 heavy (non-hydrogen) atoms. The summed E-state index contributed by atoms with van der Waals surface area (Å²) >= 11 is 0. The third kappa shape index (κ3) is 9.69. The summed E-state index contributed by atoms with van der Waals surface area (Å²) in [4.78, 5) is 0. The maximum Gasteiger partial charge on any atom is 2.00 e. The monoisotopic (exact) mass is 526 g/mol. The Kier molecular flexibility index (Phi) is 17.0. The summed E-state index contributed by atoms with van der Waals surface area (Å²) in [5.41, 5.74) is 0. The van der Waals surface area contributed by atoms with Gasteiger partial charge in [0.15, 0.2) is 0 Å². The first-order valence-corrected chi connectivity index (χ1v) is 12.8. The van der Waals surface area contributed by atoms with E-state index in [1.807, 2.05) is 0 Å². The van der Waals surface area contributed by atoms with Crippen molar-refractivity contribution >= 4 is 0 Å². The van der Waals surface area contributed by atoms with E-state index in [0.29, 0.717) is 0 Å². The Balaban J connectivity index is 0.000000569. The standard InChI is InChI=1S/2C15H23.2CH3.Zr/c2*1-11(2)14-9-8-12(3)10-15(14)13-6-4-5-7-13;;;/h2*4-7,11-12,14-15H,8-10H2,1-3H3;2*1H3;/q;;2*-1;+2. The average molecular weight is 528 g/mol. The van der Waals surface area contributed by atoms with Crippen molar-refractivity contribution in [1.29, 1.82) is 0 Å². The van der Waals surface area contributed by atoms with E-state index in [4.69, 9.17) is 0 Å². The third-order valence-corrected chi connectivity index (χ3v) is 8.28. The SMILES string of the molecule is CC1CCC(C(C)C)C([C]2[CH][CH][CH][CH]2)C1.CC1CCC(C(C)C)C([C]2[CH][CH][CH][CH]2)C1.[CH3-].[CH3-].[Zr+2]. The van der Waals surface area contributed by atoms with Crippen LogP contribution in [-0.2, 0) is 26.2 Å². The van der Waals surface area contributed by atoms with Crippen molar-refractivity contribution in [3.63, 3.8) is 0 Å². The maximum absolute atomic E-state index is 2.41. The van der Waals surface area contributed by atoms with Gasteiger partial charge in [0.1, 0.15) is 0 Å². The average Bonchev–Trinajstić information content (AvgIpc) is 3.42. The molecule has 0 aromatic rings. The van der Waals surface area contributed by atoms with Crippen LogP contribution in [-0.4, -0.2) is 0 Å². The van der Waals surface area contributed by atoms with Crippen molar-refractivity contribution < 1.29 is 26.2 Å². The summed E-state index contributed by atoms with van der Waals surface area (Å²) in [6.45, 7) is 14.4. The first-order valence-electron chi connectivity index (χ1n) is 12.8. The molecular formula is C32H52Zr.